The molecule has 0 aromatic heterocycles. The Morgan fingerprint density at radius 1 is 0.980 bits per heavy atom. The van der Waals surface area contributed by atoms with Gasteiger partial charge in [-0.05, 0) is 55.9 Å². The number of piperidine rings is 1. The van der Waals surface area contributed by atoms with E-state index in [2.05, 4.69) is 0 Å². The molecule has 15 heteroatoms. The Kier molecular flexibility index (Phi) is 12.9. The number of rotatable bonds is 15. The van der Waals surface area contributed by atoms with E-state index in [1.807, 2.05) is 13.8 Å². The third-order valence-electron chi connectivity index (χ3n) is 8.62. The molecule has 1 saturated heterocycles. The highest BCUT2D eigenvalue weighted by atomic mass is 35.5. The molecule has 1 aliphatic heterocycles. The molecule has 0 bridgehead atoms. The molecular formula is C36H39Cl3N2O10. The van der Waals surface area contributed by atoms with E-state index in [0.29, 0.717) is 25.8 Å². The number of ether oxygens (including phenoxy) is 2. The van der Waals surface area contributed by atoms with Crippen molar-refractivity contribution in [2.75, 3.05) is 17.2 Å². The number of alkyl halides is 3. The van der Waals surface area contributed by atoms with Crippen LogP contribution in [-0.4, -0.2) is 60.8 Å². The molecule has 0 aliphatic carbocycles. The van der Waals surface area contributed by atoms with Gasteiger partial charge in [0.15, 0.2) is 23.0 Å². The third kappa shape index (κ3) is 8.57. The van der Waals surface area contributed by atoms with Crippen molar-refractivity contribution in [1.29, 1.82) is 0 Å². The topological polar surface area (TPSA) is 197 Å². The molecule has 12 nitrogen and oxygen atoms in total. The standard InChI is InChI=1S/C36H39Cl3N2O10/c1-4-8-17(3)13-25(43)28-21(15-20(35(48)49)19(5-2)34(28)50-18-10-11-24(42)23(40)14-18)30(44)31(45)22-16-26(51-36(38)39)29(33(47)32(22)46)41-12-7-6-9-27(41)37/h10-11,14-17,27,36,42,46-47H,4-9,12-13,40H2,1-3H3,(H,48,49). The summed E-state index contributed by atoms with van der Waals surface area (Å²) in [7, 11) is 0. The molecule has 1 fully saturated rings. The van der Waals surface area contributed by atoms with E-state index in [9.17, 15) is 39.6 Å². The highest BCUT2D eigenvalue weighted by Crippen LogP contribution is 2.49. The number of aromatic carboxylic acids is 1. The largest absolute Gasteiger partial charge is 0.506 e. The second-order valence-electron chi connectivity index (χ2n) is 12.3. The fourth-order valence-electron chi connectivity index (χ4n) is 6.18. The number of aromatic hydroxyl groups is 3. The van der Waals surface area contributed by atoms with Crippen LogP contribution >= 0.6 is 34.8 Å². The highest BCUT2D eigenvalue weighted by Gasteiger charge is 2.36. The first-order valence-electron chi connectivity index (χ1n) is 16.4. The summed E-state index contributed by atoms with van der Waals surface area (Å²) in [5, 5.41) is 41.1. The van der Waals surface area contributed by atoms with E-state index in [-0.39, 0.29) is 64.3 Å². The molecule has 4 rings (SSSR count). The Bertz CT molecular complexity index is 1850. The van der Waals surface area contributed by atoms with Crippen molar-refractivity contribution >= 4 is 69.5 Å². The second kappa shape index (κ2) is 16.8. The molecule has 0 spiro atoms. The first-order valence-corrected chi connectivity index (χ1v) is 17.7. The van der Waals surface area contributed by atoms with Gasteiger partial charge in [0.05, 0.1) is 22.4 Å². The van der Waals surface area contributed by atoms with Gasteiger partial charge in [0.1, 0.15) is 28.4 Å². The van der Waals surface area contributed by atoms with E-state index >= 15 is 0 Å². The summed E-state index contributed by atoms with van der Waals surface area (Å²) in [4.78, 5) is 56.6. The Labute approximate surface area is 309 Å². The number of nitrogens with zero attached hydrogens (tertiary/aromatic N) is 1. The normalized spacial score (nSPS) is 15.0. The average Bonchev–Trinajstić information content (AvgIpc) is 3.07. The van der Waals surface area contributed by atoms with Crippen molar-refractivity contribution in [2.24, 2.45) is 5.92 Å². The third-order valence-corrected chi connectivity index (χ3v) is 9.25. The minimum Gasteiger partial charge on any atom is -0.506 e. The maximum atomic E-state index is 14.3. The summed E-state index contributed by atoms with van der Waals surface area (Å²) in [6.07, 6.45) is 3.35. The number of halogens is 3. The van der Waals surface area contributed by atoms with Crippen molar-refractivity contribution in [1.82, 2.24) is 0 Å². The minimum atomic E-state index is -1.51. The average molecular weight is 766 g/mol. The smallest absolute Gasteiger partial charge is 0.336 e. The molecule has 0 radical (unpaired) electrons. The zero-order valence-corrected chi connectivity index (χ0v) is 30.4. The van der Waals surface area contributed by atoms with Gasteiger partial charge >= 0.3 is 5.97 Å². The van der Waals surface area contributed by atoms with Gasteiger partial charge in [-0.3, -0.25) is 14.4 Å². The van der Waals surface area contributed by atoms with Gasteiger partial charge < -0.3 is 40.5 Å². The molecule has 1 heterocycles. The van der Waals surface area contributed by atoms with Gasteiger partial charge in [-0.25, -0.2) is 4.79 Å². The number of hydrogen-bond donors (Lipinski definition) is 5. The summed E-state index contributed by atoms with van der Waals surface area (Å²) in [5.74, 6) is -7.70. The number of carboxylic acid groups (broad SMARTS) is 1. The molecule has 3 aromatic carbocycles. The summed E-state index contributed by atoms with van der Waals surface area (Å²) >= 11 is 18.3. The lowest BCUT2D eigenvalue weighted by Crippen LogP contribution is -2.36. The lowest BCUT2D eigenvalue weighted by molar-refractivity contribution is 0.0693. The lowest BCUT2D eigenvalue weighted by Gasteiger charge is -2.35. The van der Waals surface area contributed by atoms with Crippen molar-refractivity contribution in [3.63, 3.8) is 0 Å². The summed E-state index contributed by atoms with van der Waals surface area (Å²) < 4.78 is 11.6. The van der Waals surface area contributed by atoms with E-state index in [0.717, 1.165) is 25.0 Å². The fraction of sp³-hybridized carbons (Fsp3) is 0.389. The number of carboxylic acids is 1. The Balaban J connectivity index is 1.97. The second-order valence-corrected chi connectivity index (χ2v) is 13.8. The molecule has 1 aliphatic rings. The van der Waals surface area contributed by atoms with Crippen LogP contribution in [0.3, 0.4) is 0 Å². The van der Waals surface area contributed by atoms with Crippen molar-refractivity contribution in [2.45, 2.75) is 76.2 Å². The maximum absolute atomic E-state index is 14.3. The minimum absolute atomic E-state index is 0.00915. The van der Waals surface area contributed by atoms with Crippen LogP contribution in [0.5, 0.6) is 34.5 Å². The number of benzene rings is 3. The molecule has 3 aromatic rings. The molecule has 51 heavy (non-hydrogen) atoms. The van der Waals surface area contributed by atoms with Crippen molar-refractivity contribution < 1.29 is 49.1 Å². The maximum Gasteiger partial charge on any atom is 0.336 e. The summed E-state index contributed by atoms with van der Waals surface area (Å²) in [6, 6.07) is 5.72. The summed E-state index contributed by atoms with van der Waals surface area (Å²) in [5.41, 5.74) is 2.98. The first kappa shape index (κ1) is 39.4. The number of carbonyl (C=O) groups excluding carboxylic acids is 3. The highest BCUT2D eigenvalue weighted by molar-refractivity contribution is 6.51. The zero-order valence-electron chi connectivity index (χ0n) is 28.2. The zero-order chi connectivity index (χ0) is 37.7. The molecule has 2 unspecified atom stereocenters. The first-order chi connectivity index (χ1) is 24.1. The lowest BCUT2D eigenvalue weighted by atomic mass is 9.86. The van der Waals surface area contributed by atoms with Crippen LogP contribution in [0, 0.1) is 5.92 Å². The van der Waals surface area contributed by atoms with Crippen LogP contribution in [0.25, 0.3) is 0 Å². The van der Waals surface area contributed by atoms with Crippen LogP contribution in [0.4, 0.5) is 11.4 Å². The van der Waals surface area contributed by atoms with Gasteiger partial charge in [-0.2, -0.15) is 0 Å². The molecule has 2 atom stereocenters. The Morgan fingerprint density at radius 3 is 2.25 bits per heavy atom. The van der Waals surface area contributed by atoms with Crippen LogP contribution in [0.15, 0.2) is 30.3 Å². The number of nitrogens with two attached hydrogens (primary N) is 1. The monoisotopic (exact) mass is 764 g/mol. The van der Waals surface area contributed by atoms with Gasteiger partial charge in [-0.1, -0.05) is 68.4 Å². The predicted molar refractivity (Wildman–Crippen MR) is 194 cm³/mol. The fourth-order valence-corrected chi connectivity index (χ4v) is 6.73. The number of Topliss-reactive ketones (excluding diaryl/α,β-unsaturated/α-hetero) is 3. The molecule has 274 valence electrons. The Morgan fingerprint density at radius 2 is 1.67 bits per heavy atom. The van der Waals surface area contributed by atoms with E-state index in [1.165, 1.54) is 23.1 Å². The number of hydrogen-bond acceptors (Lipinski definition) is 11. The van der Waals surface area contributed by atoms with Gasteiger partial charge in [0.25, 0.3) is 0 Å². The number of ketones is 3. The van der Waals surface area contributed by atoms with Crippen molar-refractivity contribution in [3.05, 3.63) is 58.1 Å². The quantitative estimate of drug-likeness (QED) is 0.0249. The molecule has 0 amide bonds. The summed E-state index contributed by atoms with van der Waals surface area (Å²) in [6.45, 7) is 5.74. The van der Waals surface area contributed by atoms with Gasteiger partial charge in [0.2, 0.25) is 16.6 Å². The van der Waals surface area contributed by atoms with E-state index in [4.69, 9.17) is 50.0 Å². The predicted octanol–water partition coefficient (Wildman–Crippen LogP) is 8.21. The SMILES string of the molecule is CCCC(C)CC(=O)c1c(C(=O)C(=O)c2cc(OC(Cl)Cl)c(N3CCCCC3Cl)c(O)c2O)cc(C(=O)O)c(CC)c1Oc1ccc(O)c(N)c1. The van der Waals surface area contributed by atoms with Crippen molar-refractivity contribution in [3.8, 4) is 34.5 Å². The Hall–Kier alpha value is -4.39. The van der Waals surface area contributed by atoms with Gasteiger partial charge in [0, 0.05) is 30.2 Å². The van der Waals surface area contributed by atoms with E-state index < -0.39 is 62.0 Å². The van der Waals surface area contributed by atoms with Crippen LogP contribution in [0.1, 0.15) is 106 Å². The van der Waals surface area contributed by atoms with Crippen LogP contribution in [-0.2, 0) is 6.42 Å². The van der Waals surface area contributed by atoms with Crippen LogP contribution < -0.4 is 20.1 Å². The van der Waals surface area contributed by atoms with E-state index in [1.54, 1.807) is 6.92 Å². The molecular weight excluding hydrogens is 727 g/mol. The van der Waals surface area contributed by atoms with Gasteiger partial charge in [-0.15, -0.1) is 0 Å². The number of nitrogen functional groups attached to an aromatic ring is 1. The molecule has 0 saturated carbocycles. The number of carbonyl (C=O) groups is 4. The number of anilines is 2. The number of phenolic OH excluding ortho intramolecular Hbond substituents is 3. The molecule has 6 N–H and O–H groups in total. The number of phenols is 3. The van der Waals surface area contributed by atoms with Crippen LogP contribution in [0.2, 0.25) is 0 Å².